The highest BCUT2D eigenvalue weighted by Gasteiger charge is 2.26. The summed E-state index contributed by atoms with van der Waals surface area (Å²) in [5.74, 6) is 0.483. The first-order chi connectivity index (χ1) is 11.9. The second-order valence-electron chi connectivity index (χ2n) is 6.90. The van der Waals surface area contributed by atoms with Gasteiger partial charge in [0.2, 0.25) is 11.8 Å². The Bertz CT molecular complexity index is 578. The number of likely N-dealkylation sites (N-methyl/N-ethyl adjacent to an activating group) is 1. The number of benzene rings is 1. The van der Waals surface area contributed by atoms with E-state index in [0.717, 1.165) is 37.5 Å². The van der Waals surface area contributed by atoms with Crippen LogP contribution in [0.1, 0.15) is 25.3 Å². The van der Waals surface area contributed by atoms with Gasteiger partial charge in [-0.2, -0.15) is 0 Å². The molecule has 1 unspecified atom stereocenters. The lowest BCUT2D eigenvalue weighted by atomic mass is 9.87. The minimum absolute atomic E-state index is 0.0151. The predicted molar refractivity (Wildman–Crippen MR) is 97.7 cm³/mol. The average Bonchev–Trinajstić information content (AvgIpc) is 2.60. The molecule has 2 amide bonds. The number of ether oxygens (including phenoxy) is 1. The lowest BCUT2D eigenvalue weighted by molar-refractivity contribution is -0.134. The SMILES string of the molecule is COc1ccc(C(C(=O)NCC(=O)N2CCN(C)CC2)C(C)C)cc1. The van der Waals surface area contributed by atoms with Gasteiger partial charge in [-0.05, 0) is 30.7 Å². The van der Waals surface area contributed by atoms with Gasteiger partial charge in [0, 0.05) is 26.2 Å². The maximum absolute atomic E-state index is 12.7. The van der Waals surface area contributed by atoms with Gasteiger partial charge in [0.15, 0.2) is 0 Å². The molecule has 0 saturated carbocycles. The van der Waals surface area contributed by atoms with Crippen LogP contribution in [0.4, 0.5) is 0 Å². The van der Waals surface area contributed by atoms with Gasteiger partial charge in [0.25, 0.3) is 0 Å². The summed E-state index contributed by atoms with van der Waals surface area (Å²) in [6.07, 6.45) is 0. The number of rotatable bonds is 6. The summed E-state index contributed by atoms with van der Waals surface area (Å²) in [5.41, 5.74) is 0.931. The molecule has 6 nitrogen and oxygen atoms in total. The van der Waals surface area contributed by atoms with Crippen molar-refractivity contribution in [1.82, 2.24) is 15.1 Å². The van der Waals surface area contributed by atoms with Crippen LogP contribution in [0, 0.1) is 5.92 Å². The zero-order chi connectivity index (χ0) is 18.4. The Labute approximate surface area is 150 Å². The van der Waals surface area contributed by atoms with Crippen molar-refractivity contribution >= 4 is 11.8 Å². The Morgan fingerprint density at radius 1 is 1.12 bits per heavy atom. The zero-order valence-corrected chi connectivity index (χ0v) is 15.6. The summed E-state index contributed by atoms with van der Waals surface area (Å²) in [5, 5.41) is 2.82. The first kappa shape index (κ1) is 19.2. The summed E-state index contributed by atoms with van der Waals surface area (Å²) in [4.78, 5) is 29.0. The van der Waals surface area contributed by atoms with Crippen LogP contribution in [-0.2, 0) is 9.59 Å². The highest BCUT2D eigenvalue weighted by Crippen LogP contribution is 2.26. The van der Waals surface area contributed by atoms with Gasteiger partial charge in [0.1, 0.15) is 5.75 Å². The van der Waals surface area contributed by atoms with Crippen molar-refractivity contribution in [3.63, 3.8) is 0 Å². The van der Waals surface area contributed by atoms with Gasteiger partial charge in [-0.15, -0.1) is 0 Å². The first-order valence-corrected chi connectivity index (χ1v) is 8.80. The van der Waals surface area contributed by atoms with Crippen molar-refractivity contribution in [3.8, 4) is 5.75 Å². The van der Waals surface area contributed by atoms with Crippen LogP contribution in [0.3, 0.4) is 0 Å². The topological polar surface area (TPSA) is 61.9 Å². The lowest BCUT2D eigenvalue weighted by Crippen LogP contribution is -2.50. The summed E-state index contributed by atoms with van der Waals surface area (Å²) in [7, 11) is 3.66. The van der Waals surface area contributed by atoms with Crippen molar-refractivity contribution in [2.24, 2.45) is 5.92 Å². The molecule has 1 atom stereocenters. The van der Waals surface area contributed by atoms with E-state index >= 15 is 0 Å². The molecule has 6 heteroatoms. The number of methoxy groups -OCH3 is 1. The van der Waals surface area contributed by atoms with E-state index in [-0.39, 0.29) is 30.2 Å². The largest absolute Gasteiger partial charge is 0.497 e. The Morgan fingerprint density at radius 2 is 1.72 bits per heavy atom. The summed E-state index contributed by atoms with van der Waals surface area (Å²) in [6.45, 7) is 7.27. The number of carbonyl (C=O) groups is 2. The van der Waals surface area contributed by atoms with E-state index in [0.29, 0.717) is 0 Å². The number of carbonyl (C=O) groups excluding carboxylic acids is 2. The molecule has 1 aromatic carbocycles. The van der Waals surface area contributed by atoms with Crippen molar-refractivity contribution in [2.45, 2.75) is 19.8 Å². The van der Waals surface area contributed by atoms with E-state index in [2.05, 4.69) is 10.2 Å². The number of nitrogens with one attached hydrogen (secondary N) is 1. The number of hydrogen-bond acceptors (Lipinski definition) is 4. The second-order valence-corrected chi connectivity index (χ2v) is 6.90. The lowest BCUT2D eigenvalue weighted by Gasteiger charge is -2.32. The minimum Gasteiger partial charge on any atom is -0.497 e. The molecule has 0 aromatic heterocycles. The fourth-order valence-electron chi connectivity index (χ4n) is 3.09. The number of nitrogens with zero attached hydrogens (tertiary/aromatic N) is 2. The predicted octanol–water partition coefficient (Wildman–Crippen LogP) is 1.33. The summed E-state index contributed by atoms with van der Waals surface area (Å²) < 4.78 is 5.17. The minimum atomic E-state index is -0.286. The highest BCUT2D eigenvalue weighted by atomic mass is 16.5. The quantitative estimate of drug-likeness (QED) is 0.843. The van der Waals surface area contributed by atoms with Crippen LogP contribution < -0.4 is 10.1 Å². The third kappa shape index (κ3) is 5.19. The van der Waals surface area contributed by atoms with Gasteiger partial charge >= 0.3 is 0 Å². The molecule has 1 heterocycles. The fourth-order valence-corrected chi connectivity index (χ4v) is 3.09. The highest BCUT2D eigenvalue weighted by molar-refractivity contribution is 5.88. The van der Waals surface area contributed by atoms with Crippen LogP contribution in [0.25, 0.3) is 0 Å². The van der Waals surface area contributed by atoms with E-state index in [9.17, 15) is 9.59 Å². The zero-order valence-electron chi connectivity index (χ0n) is 15.6. The van der Waals surface area contributed by atoms with Crippen LogP contribution >= 0.6 is 0 Å². The van der Waals surface area contributed by atoms with Gasteiger partial charge < -0.3 is 19.9 Å². The molecule has 0 radical (unpaired) electrons. The van der Waals surface area contributed by atoms with Crippen LogP contribution in [0.2, 0.25) is 0 Å². The van der Waals surface area contributed by atoms with Gasteiger partial charge in [0.05, 0.1) is 19.6 Å². The molecule has 1 N–H and O–H groups in total. The molecule has 1 aliphatic heterocycles. The third-order valence-electron chi connectivity index (χ3n) is 4.69. The molecule has 0 aliphatic carbocycles. The summed E-state index contributed by atoms with van der Waals surface area (Å²) in [6, 6.07) is 7.53. The molecular weight excluding hydrogens is 318 g/mol. The molecule has 138 valence electrons. The van der Waals surface area contributed by atoms with Crippen LogP contribution in [0.15, 0.2) is 24.3 Å². The maximum Gasteiger partial charge on any atom is 0.242 e. The van der Waals surface area contributed by atoms with E-state index in [1.54, 1.807) is 7.11 Å². The number of amides is 2. The molecule has 1 saturated heterocycles. The Kier molecular flexibility index (Phi) is 6.82. The van der Waals surface area contributed by atoms with Gasteiger partial charge in [-0.1, -0.05) is 26.0 Å². The molecule has 1 fully saturated rings. The van der Waals surface area contributed by atoms with E-state index in [1.165, 1.54) is 0 Å². The molecule has 1 aliphatic rings. The molecule has 1 aromatic rings. The van der Waals surface area contributed by atoms with Crippen LogP contribution in [-0.4, -0.2) is 68.5 Å². The third-order valence-corrected chi connectivity index (χ3v) is 4.69. The fraction of sp³-hybridized carbons (Fsp3) is 0.579. The van der Waals surface area contributed by atoms with Crippen molar-refractivity contribution in [3.05, 3.63) is 29.8 Å². The smallest absolute Gasteiger partial charge is 0.242 e. The van der Waals surface area contributed by atoms with Crippen molar-refractivity contribution in [1.29, 1.82) is 0 Å². The molecule has 0 spiro atoms. The Hall–Kier alpha value is -2.08. The maximum atomic E-state index is 12.7. The molecule has 2 rings (SSSR count). The normalized spacial score (nSPS) is 16.6. The Morgan fingerprint density at radius 3 is 2.24 bits per heavy atom. The number of piperazine rings is 1. The molecular formula is C19H29N3O3. The number of hydrogen-bond donors (Lipinski definition) is 1. The second kappa shape index (κ2) is 8.85. The monoisotopic (exact) mass is 347 g/mol. The van der Waals surface area contributed by atoms with E-state index < -0.39 is 0 Å². The van der Waals surface area contributed by atoms with E-state index in [1.807, 2.05) is 50.1 Å². The van der Waals surface area contributed by atoms with Gasteiger partial charge in [-0.3, -0.25) is 9.59 Å². The Balaban J connectivity index is 1.94. The molecule has 0 bridgehead atoms. The molecule has 25 heavy (non-hydrogen) atoms. The average molecular weight is 347 g/mol. The van der Waals surface area contributed by atoms with Crippen molar-refractivity contribution < 1.29 is 14.3 Å². The van der Waals surface area contributed by atoms with Gasteiger partial charge in [-0.25, -0.2) is 0 Å². The first-order valence-electron chi connectivity index (χ1n) is 8.80. The standard InChI is InChI=1S/C19H29N3O3/c1-14(2)18(15-5-7-16(25-4)8-6-15)19(24)20-13-17(23)22-11-9-21(3)10-12-22/h5-8,14,18H,9-13H2,1-4H3,(H,20,24). The van der Waals surface area contributed by atoms with E-state index in [4.69, 9.17) is 4.74 Å². The van der Waals surface area contributed by atoms with Crippen LogP contribution in [0.5, 0.6) is 5.75 Å². The summed E-state index contributed by atoms with van der Waals surface area (Å²) >= 11 is 0. The van der Waals surface area contributed by atoms with Crippen molar-refractivity contribution in [2.75, 3.05) is 46.9 Å².